The van der Waals surface area contributed by atoms with E-state index < -0.39 is 43.0 Å². The Bertz CT molecular complexity index is 544. The largest absolute Gasteiger partial charge is 0.480 e. The SMILES string of the molecule is CC1(C)S[C@H]2N(C(=O)[C@@]2(N)S(=O)(=O)O)[C@H]1C(=O)O. The van der Waals surface area contributed by atoms with Gasteiger partial charge in [-0.05, 0) is 13.8 Å². The molecule has 0 bridgehead atoms. The maximum absolute atomic E-state index is 11.8. The molecule has 8 nitrogen and oxygen atoms in total. The molecule has 2 rings (SSSR count). The van der Waals surface area contributed by atoms with Crippen molar-refractivity contribution < 1.29 is 27.7 Å². The van der Waals surface area contributed by atoms with Gasteiger partial charge in [0, 0.05) is 4.75 Å². The molecule has 0 unspecified atom stereocenters. The van der Waals surface area contributed by atoms with Crippen LogP contribution in [0.4, 0.5) is 0 Å². The number of nitrogens with two attached hydrogens (primary N) is 1. The summed E-state index contributed by atoms with van der Waals surface area (Å²) in [4.78, 5) is 21.4. The van der Waals surface area contributed by atoms with Crippen LogP contribution in [0.2, 0.25) is 0 Å². The lowest BCUT2D eigenvalue weighted by atomic mass is 9.96. The third kappa shape index (κ3) is 1.37. The van der Waals surface area contributed by atoms with Crippen LogP contribution in [0.5, 0.6) is 0 Å². The number of carboxylic acids is 1. The molecule has 0 saturated carbocycles. The molecule has 0 aromatic rings. The number of carbonyl (C=O) groups is 2. The lowest BCUT2D eigenvalue weighted by Crippen LogP contribution is -2.80. The zero-order chi connectivity index (χ0) is 14.1. The van der Waals surface area contributed by atoms with E-state index in [1.54, 1.807) is 13.8 Å². The van der Waals surface area contributed by atoms with E-state index in [2.05, 4.69) is 0 Å². The molecular weight excluding hydrogens is 284 g/mol. The molecule has 2 aliphatic rings. The summed E-state index contributed by atoms with van der Waals surface area (Å²) in [6.45, 7) is 3.15. The first-order chi connectivity index (χ1) is 7.94. The number of aliphatic carboxylic acids is 1. The van der Waals surface area contributed by atoms with E-state index in [0.717, 1.165) is 16.7 Å². The van der Waals surface area contributed by atoms with Gasteiger partial charge in [-0.3, -0.25) is 9.35 Å². The maximum atomic E-state index is 11.8. The molecule has 0 aromatic carbocycles. The van der Waals surface area contributed by atoms with Gasteiger partial charge < -0.3 is 15.7 Å². The Labute approximate surface area is 107 Å². The van der Waals surface area contributed by atoms with Crippen molar-refractivity contribution in [3.8, 4) is 0 Å². The number of hydrogen-bond donors (Lipinski definition) is 3. The number of rotatable bonds is 2. The lowest BCUT2D eigenvalue weighted by molar-refractivity contribution is -0.161. The fourth-order valence-electron chi connectivity index (χ4n) is 2.29. The van der Waals surface area contributed by atoms with Crippen molar-refractivity contribution in [2.45, 2.75) is 34.9 Å². The summed E-state index contributed by atoms with van der Waals surface area (Å²) >= 11 is 0.952. The highest BCUT2D eigenvalue weighted by Crippen LogP contribution is 2.55. The Balaban J connectivity index is 2.48. The first-order valence-corrected chi connectivity index (χ1v) is 7.26. The summed E-state index contributed by atoms with van der Waals surface area (Å²) in [5, 5.41) is 8.01. The van der Waals surface area contributed by atoms with Gasteiger partial charge in [-0.25, -0.2) is 4.79 Å². The van der Waals surface area contributed by atoms with Gasteiger partial charge in [-0.15, -0.1) is 11.8 Å². The van der Waals surface area contributed by atoms with E-state index in [9.17, 15) is 18.0 Å². The molecule has 3 atom stereocenters. The van der Waals surface area contributed by atoms with Gasteiger partial charge in [-0.1, -0.05) is 0 Å². The van der Waals surface area contributed by atoms with Crippen molar-refractivity contribution >= 4 is 33.8 Å². The highest BCUT2D eigenvalue weighted by Gasteiger charge is 2.75. The summed E-state index contributed by atoms with van der Waals surface area (Å²) < 4.78 is 30.6. The molecule has 10 heteroatoms. The van der Waals surface area contributed by atoms with E-state index in [1.165, 1.54) is 0 Å². The molecule has 0 aromatic heterocycles. The van der Waals surface area contributed by atoms with Crippen LogP contribution in [0.25, 0.3) is 0 Å². The first-order valence-electron chi connectivity index (χ1n) is 4.94. The minimum atomic E-state index is -4.80. The van der Waals surface area contributed by atoms with Crippen LogP contribution >= 0.6 is 11.8 Å². The summed E-state index contributed by atoms with van der Waals surface area (Å²) in [5.41, 5.74) is 5.45. The monoisotopic (exact) mass is 296 g/mol. The summed E-state index contributed by atoms with van der Waals surface area (Å²) in [6, 6.07) is -1.17. The number of nitrogens with zero attached hydrogens (tertiary/aromatic N) is 1. The fraction of sp³-hybridized carbons (Fsp3) is 0.750. The Hall–Kier alpha value is -0.840. The van der Waals surface area contributed by atoms with Crippen molar-refractivity contribution in [2.75, 3.05) is 0 Å². The number of thioether (sulfide) groups is 1. The molecule has 18 heavy (non-hydrogen) atoms. The summed E-state index contributed by atoms with van der Waals surface area (Å²) in [7, 11) is -4.80. The molecule has 4 N–H and O–H groups in total. The van der Waals surface area contributed by atoms with E-state index in [0.29, 0.717) is 0 Å². The highest BCUT2D eigenvalue weighted by molar-refractivity contribution is 8.03. The van der Waals surface area contributed by atoms with Crippen LogP contribution < -0.4 is 5.73 Å². The zero-order valence-electron chi connectivity index (χ0n) is 9.52. The van der Waals surface area contributed by atoms with Gasteiger partial charge in [0.25, 0.3) is 20.9 Å². The Morgan fingerprint density at radius 2 is 2.00 bits per heavy atom. The van der Waals surface area contributed by atoms with Crippen molar-refractivity contribution in [2.24, 2.45) is 5.73 Å². The molecule has 0 spiro atoms. The van der Waals surface area contributed by atoms with Crippen LogP contribution in [-0.4, -0.2) is 55.9 Å². The van der Waals surface area contributed by atoms with E-state index in [-0.39, 0.29) is 0 Å². The number of carboxylic acid groups (broad SMARTS) is 1. The van der Waals surface area contributed by atoms with Gasteiger partial charge in [0.15, 0.2) is 0 Å². The molecule has 2 fully saturated rings. The van der Waals surface area contributed by atoms with Gasteiger partial charge in [0.05, 0.1) is 0 Å². The third-order valence-electron chi connectivity index (χ3n) is 3.20. The second-order valence-corrected chi connectivity index (χ2v) is 8.16. The minimum absolute atomic E-state index is 0.891. The highest BCUT2D eigenvalue weighted by atomic mass is 32.2. The Kier molecular flexibility index (Phi) is 2.55. The molecule has 2 aliphatic heterocycles. The van der Waals surface area contributed by atoms with Crippen LogP contribution in [0.15, 0.2) is 0 Å². The molecule has 2 heterocycles. The van der Waals surface area contributed by atoms with Crippen LogP contribution in [0, 0.1) is 0 Å². The predicted molar refractivity (Wildman–Crippen MR) is 62.2 cm³/mol. The molecule has 2 saturated heterocycles. The minimum Gasteiger partial charge on any atom is -0.480 e. The second-order valence-electron chi connectivity index (χ2n) is 4.80. The predicted octanol–water partition coefficient (Wildman–Crippen LogP) is -1.32. The lowest BCUT2D eigenvalue weighted by Gasteiger charge is -2.48. The topological polar surface area (TPSA) is 138 Å². The van der Waals surface area contributed by atoms with Crippen molar-refractivity contribution in [3.63, 3.8) is 0 Å². The molecule has 0 aliphatic carbocycles. The van der Waals surface area contributed by atoms with Crippen LogP contribution in [0.3, 0.4) is 0 Å². The molecule has 1 amide bonds. The van der Waals surface area contributed by atoms with Gasteiger partial charge in [-0.2, -0.15) is 8.42 Å². The number of carbonyl (C=O) groups excluding carboxylic acids is 1. The van der Waals surface area contributed by atoms with Gasteiger partial charge >= 0.3 is 5.97 Å². The normalized spacial score (nSPS) is 38.2. The van der Waals surface area contributed by atoms with Crippen LogP contribution in [-0.2, 0) is 19.7 Å². The average molecular weight is 296 g/mol. The van der Waals surface area contributed by atoms with E-state index in [1.807, 2.05) is 0 Å². The quantitative estimate of drug-likeness (QED) is 0.421. The van der Waals surface area contributed by atoms with Crippen molar-refractivity contribution in [3.05, 3.63) is 0 Å². The summed E-state index contributed by atoms with van der Waals surface area (Å²) in [6.07, 6.45) is 0. The Morgan fingerprint density at radius 1 is 1.50 bits per heavy atom. The smallest absolute Gasteiger partial charge is 0.327 e. The maximum Gasteiger partial charge on any atom is 0.327 e. The number of hydrogen-bond acceptors (Lipinski definition) is 6. The number of amides is 1. The zero-order valence-corrected chi connectivity index (χ0v) is 11.2. The first kappa shape index (κ1) is 13.6. The fourth-order valence-corrected chi connectivity index (χ4v) is 5.02. The van der Waals surface area contributed by atoms with Gasteiger partial charge in [0.1, 0.15) is 11.4 Å². The summed E-state index contributed by atoms with van der Waals surface area (Å²) in [5.74, 6) is -2.32. The van der Waals surface area contributed by atoms with Crippen LogP contribution in [0.1, 0.15) is 13.8 Å². The molecule has 102 valence electrons. The van der Waals surface area contributed by atoms with Gasteiger partial charge in [0.2, 0.25) is 0 Å². The second kappa shape index (κ2) is 3.38. The van der Waals surface area contributed by atoms with Crippen molar-refractivity contribution in [1.29, 1.82) is 0 Å². The van der Waals surface area contributed by atoms with E-state index >= 15 is 0 Å². The number of β-lactam (4-membered cyclic amide) rings is 1. The molecule has 0 radical (unpaired) electrons. The molecular formula is C8H12N2O6S2. The standard InChI is InChI=1S/C8H12N2O6S2/c1-7(2)3(4(11)12)10-5(13)8(9,6(10)17-7)18(14,15)16/h3,6H,9H2,1-2H3,(H,11,12)(H,14,15,16)/t3-,6+,8+/m0/s1. The van der Waals surface area contributed by atoms with E-state index in [4.69, 9.17) is 15.4 Å². The number of fused-ring (bicyclic) bond motifs is 1. The van der Waals surface area contributed by atoms with Crippen molar-refractivity contribution in [1.82, 2.24) is 4.90 Å². The third-order valence-corrected chi connectivity index (χ3v) is 6.25. The average Bonchev–Trinajstić information content (AvgIpc) is 2.45. The Morgan fingerprint density at radius 3 is 2.39 bits per heavy atom.